The molecule has 0 aromatic heterocycles. The van der Waals surface area contributed by atoms with Gasteiger partial charge in [0.05, 0.1) is 0 Å². The lowest BCUT2D eigenvalue weighted by Crippen LogP contribution is -2.38. The Morgan fingerprint density at radius 2 is 0.672 bits per heavy atom. The molecule has 64 heavy (non-hydrogen) atoms. The lowest BCUT2D eigenvalue weighted by atomic mass is 9.88. The summed E-state index contributed by atoms with van der Waals surface area (Å²) in [6.07, 6.45) is 17.3. The van der Waals surface area contributed by atoms with Crippen LogP contribution in [0.3, 0.4) is 0 Å². The Morgan fingerprint density at radius 3 is 1.02 bits per heavy atom. The average molecular weight is 847 g/mol. The van der Waals surface area contributed by atoms with Gasteiger partial charge < -0.3 is 20.4 Å². The number of nitrogens with zero attached hydrogens (tertiary/aromatic N) is 2. The quantitative estimate of drug-likeness (QED) is 0.0629. The molecule has 0 amide bonds. The van der Waals surface area contributed by atoms with E-state index >= 15 is 0 Å². The molecule has 2 atom stereocenters. The van der Waals surface area contributed by atoms with Crippen LogP contribution in [0.15, 0.2) is 182 Å². The summed E-state index contributed by atoms with van der Waals surface area (Å²) in [6.45, 7) is 8.77. The molecule has 2 unspecified atom stereocenters. The molecule has 4 nitrogen and oxygen atoms in total. The van der Waals surface area contributed by atoms with Crippen LogP contribution in [0.4, 0.5) is 11.4 Å². The Morgan fingerprint density at radius 1 is 0.375 bits per heavy atom. The van der Waals surface area contributed by atoms with Gasteiger partial charge in [0.2, 0.25) is 0 Å². The van der Waals surface area contributed by atoms with Gasteiger partial charge >= 0.3 is 0 Å². The third-order valence-corrected chi connectivity index (χ3v) is 13.7. The van der Waals surface area contributed by atoms with Crippen LogP contribution in [0.25, 0.3) is 11.4 Å². The van der Waals surface area contributed by atoms with Crippen LogP contribution < -0.4 is 20.4 Å². The smallest absolute Gasteiger partial charge is 0.0467 e. The van der Waals surface area contributed by atoms with E-state index in [0.717, 1.165) is 39.0 Å². The zero-order chi connectivity index (χ0) is 43.8. The Bertz CT molecular complexity index is 2110. The van der Waals surface area contributed by atoms with Gasteiger partial charge in [-0.25, -0.2) is 0 Å². The molecule has 6 aromatic carbocycles. The number of fused-ring (bicyclic) bond motifs is 2. The SMILES string of the molecule is CC1C=C(NCCCCCCCCCCNC2=CC(C)N(CCC(c3ccccc3)c3ccccc3)c3ccccc32)c2ccccc2N1CCC(c1ccccc1)c1ccccc1. The molecule has 2 aliphatic rings. The molecule has 0 saturated heterocycles. The van der Waals surface area contributed by atoms with Gasteiger partial charge in [0.15, 0.2) is 0 Å². The van der Waals surface area contributed by atoms with Crippen molar-refractivity contribution in [3.63, 3.8) is 0 Å². The maximum atomic E-state index is 3.85. The molecule has 2 N–H and O–H groups in total. The maximum absolute atomic E-state index is 3.85. The van der Waals surface area contributed by atoms with Crippen molar-refractivity contribution < 1.29 is 0 Å². The maximum Gasteiger partial charge on any atom is 0.0467 e. The normalized spacial score (nSPS) is 15.7. The van der Waals surface area contributed by atoms with Crippen molar-refractivity contribution in [3.8, 4) is 0 Å². The second-order valence-electron chi connectivity index (χ2n) is 18.1. The minimum absolute atomic E-state index is 0.332. The first kappa shape index (κ1) is 44.6. The van der Waals surface area contributed by atoms with Crippen LogP contribution in [0.1, 0.15) is 123 Å². The Hall–Kier alpha value is -6.00. The highest BCUT2D eigenvalue weighted by Gasteiger charge is 2.27. The zero-order valence-electron chi connectivity index (χ0n) is 38.4. The van der Waals surface area contributed by atoms with E-state index < -0.39 is 0 Å². The number of benzene rings is 6. The monoisotopic (exact) mass is 847 g/mol. The second kappa shape index (κ2) is 23.1. The third-order valence-electron chi connectivity index (χ3n) is 13.7. The Balaban J connectivity index is 0.729. The summed E-state index contributed by atoms with van der Waals surface area (Å²) in [4.78, 5) is 5.21. The van der Waals surface area contributed by atoms with Crippen molar-refractivity contribution in [2.45, 2.75) is 102 Å². The lowest BCUT2D eigenvalue weighted by molar-refractivity contribution is 0.561. The van der Waals surface area contributed by atoms with E-state index in [9.17, 15) is 0 Å². The first-order valence-corrected chi connectivity index (χ1v) is 24.5. The molecular weight excluding hydrogens is 777 g/mol. The van der Waals surface area contributed by atoms with Crippen LogP contribution >= 0.6 is 0 Å². The van der Waals surface area contributed by atoms with E-state index in [1.165, 1.54) is 108 Å². The Labute approximate surface area is 385 Å². The van der Waals surface area contributed by atoms with Crippen molar-refractivity contribution in [2.24, 2.45) is 0 Å². The van der Waals surface area contributed by atoms with Crippen molar-refractivity contribution in [1.82, 2.24) is 10.6 Å². The molecule has 4 heteroatoms. The van der Waals surface area contributed by atoms with Gasteiger partial charge in [-0.05, 0) is 86.1 Å². The van der Waals surface area contributed by atoms with E-state index in [-0.39, 0.29) is 0 Å². The fourth-order valence-corrected chi connectivity index (χ4v) is 10.2. The van der Waals surface area contributed by atoms with Crippen LogP contribution in [-0.2, 0) is 0 Å². The molecule has 2 aliphatic heterocycles. The molecule has 330 valence electrons. The van der Waals surface area contributed by atoms with Gasteiger partial charge in [-0.2, -0.15) is 0 Å². The number of hydrogen-bond donors (Lipinski definition) is 2. The number of nitrogens with one attached hydrogen (secondary N) is 2. The minimum atomic E-state index is 0.332. The van der Waals surface area contributed by atoms with Gasteiger partial charge in [-0.1, -0.05) is 196 Å². The highest BCUT2D eigenvalue weighted by Crippen LogP contribution is 2.37. The number of hydrogen-bond acceptors (Lipinski definition) is 4. The molecular formula is C60H70N4. The molecule has 0 saturated carbocycles. The largest absolute Gasteiger partial charge is 0.385 e. The summed E-state index contributed by atoms with van der Waals surface area (Å²) >= 11 is 0. The third kappa shape index (κ3) is 11.6. The number of rotatable bonds is 23. The topological polar surface area (TPSA) is 30.5 Å². The highest BCUT2D eigenvalue weighted by atomic mass is 15.2. The summed E-state index contributed by atoms with van der Waals surface area (Å²) in [7, 11) is 0. The molecule has 2 heterocycles. The second-order valence-corrected chi connectivity index (χ2v) is 18.1. The molecule has 0 aliphatic carbocycles. The van der Waals surface area contributed by atoms with E-state index in [4.69, 9.17) is 0 Å². The molecule has 6 aromatic rings. The van der Waals surface area contributed by atoms with Crippen LogP contribution in [0.5, 0.6) is 0 Å². The summed E-state index contributed by atoms with van der Waals surface area (Å²) in [6, 6.07) is 62.7. The summed E-state index contributed by atoms with van der Waals surface area (Å²) in [5.74, 6) is 0.746. The van der Waals surface area contributed by atoms with Crippen molar-refractivity contribution >= 4 is 22.8 Å². The summed E-state index contributed by atoms with van der Waals surface area (Å²) in [5, 5.41) is 7.70. The van der Waals surface area contributed by atoms with Crippen LogP contribution in [0.2, 0.25) is 0 Å². The fraction of sp³-hybridized carbons (Fsp3) is 0.333. The summed E-state index contributed by atoms with van der Waals surface area (Å²) in [5.41, 5.74) is 13.5. The van der Waals surface area contributed by atoms with Crippen molar-refractivity contribution in [1.29, 1.82) is 0 Å². The van der Waals surface area contributed by atoms with Gasteiger partial charge in [0.25, 0.3) is 0 Å². The number of unbranched alkanes of at least 4 members (excludes halogenated alkanes) is 7. The standard InChI is InChI=1S/C60H70N4/c1-47-45-57(55-35-21-23-37-59(55)63(47)43-39-53(49-27-13-9-14-28-49)50-29-15-10-16-30-50)61-41-25-7-5-3-4-6-8-26-42-62-58-46-48(2)64(60-38-24-22-36-56(58)60)44-40-54(51-31-17-11-18-32-51)52-33-19-12-20-34-52/h9-24,27-38,45-48,53-54,61-62H,3-8,25-26,39-44H2,1-2H3. The summed E-state index contributed by atoms with van der Waals surface area (Å²) < 4.78 is 0. The molecule has 0 spiro atoms. The first-order valence-electron chi connectivity index (χ1n) is 24.5. The minimum Gasteiger partial charge on any atom is -0.385 e. The van der Waals surface area contributed by atoms with Gasteiger partial charge in [0.1, 0.15) is 0 Å². The Kier molecular flexibility index (Phi) is 16.1. The molecule has 8 rings (SSSR count). The number of para-hydroxylation sites is 2. The average Bonchev–Trinajstić information content (AvgIpc) is 3.34. The zero-order valence-corrected chi connectivity index (χ0v) is 38.4. The molecule has 0 radical (unpaired) electrons. The molecule has 0 bridgehead atoms. The highest BCUT2D eigenvalue weighted by molar-refractivity contribution is 5.81. The molecule has 0 fully saturated rings. The van der Waals surface area contributed by atoms with Crippen molar-refractivity contribution in [2.75, 3.05) is 36.0 Å². The van der Waals surface area contributed by atoms with Crippen LogP contribution in [-0.4, -0.2) is 38.3 Å². The van der Waals surface area contributed by atoms with E-state index in [0.29, 0.717) is 23.9 Å². The van der Waals surface area contributed by atoms with Crippen molar-refractivity contribution in [3.05, 3.63) is 215 Å². The predicted octanol–water partition coefficient (Wildman–Crippen LogP) is 14.2. The fourth-order valence-electron chi connectivity index (χ4n) is 10.2. The lowest BCUT2D eigenvalue weighted by Gasteiger charge is -2.37. The van der Waals surface area contributed by atoms with E-state index in [1.54, 1.807) is 0 Å². The number of anilines is 2. The van der Waals surface area contributed by atoms with Gasteiger partial charge in [-0.15, -0.1) is 0 Å². The predicted molar refractivity (Wildman–Crippen MR) is 274 cm³/mol. The van der Waals surface area contributed by atoms with E-state index in [1.807, 2.05) is 0 Å². The van der Waals surface area contributed by atoms with Gasteiger partial charge in [-0.3, -0.25) is 0 Å². The van der Waals surface area contributed by atoms with E-state index in [2.05, 4.69) is 216 Å². The first-order chi connectivity index (χ1) is 31.6. The van der Waals surface area contributed by atoms with Crippen LogP contribution in [0, 0.1) is 0 Å². The van der Waals surface area contributed by atoms with Gasteiger partial charge in [0, 0.05) is 84.0 Å².